The SMILES string of the molecule is C1=CCCC(c2ccc(N(C3=CC=C(c4ccccc4)CC3)c3ccc(-c4cccc(-c5cccc6c5oc5ccccc56)c4)cc3)cc2)=C1. The zero-order valence-electron chi connectivity index (χ0n) is 27.9. The zero-order valence-corrected chi connectivity index (χ0v) is 27.9. The van der Waals surface area contributed by atoms with Crippen LogP contribution in [0.3, 0.4) is 0 Å². The van der Waals surface area contributed by atoms with Gasteiger partial charge in [-0.15, -0.1) is 0 Å². The van der Waals surface area contributed by atoms with Gasteiger partial charge in [0.05, 0.1) is 0 Å². The van der Waals surface area contributed by atoms with Crippen molar-refractivity contribution in [1.29, 1.82) is 0 Å². The number of rotatable bonds is 7. The third kappa shape index (κ3) is 5.69. The van der Waals surface area contributed by atoms with E-state index in [0.717, 1.165) is 64.4 Å². The molecule has 2 aliphatic rings. The zero-order chi connectivity index (χ0) is 33.3. The third-order valence-electron chi connectivity index (χ3n) is 10.1. The molecule has 2 aliphatic carbocycles. The van der Waals surface area contributed by atoms with Gasteiger partial charge in [0, 0.05) is 33.4 Å². The Morgan fingerprint density at radius 2 is 1.12 bits per heavy atom. The number of furan rings is 1. The summed E-state index contributed by atoms with van der Waals surface area (Å²) in [6.45, 7) is 0. The molecule has 2 heteroatoms. The highest BCUT2D eigenvalue weighted by Gasteiger charge is 2.19. The van der Waals surface area contributed by atoms with Crippen molar-refractivity contribution in [2.75, 3.05) is 4.90 Å². The molecule has 7 aromatic rings. The predicted molar refractivity (Wildman–Crippen MR) is 211 cm³/mol. The van der Waals surface area contributed by atoms with Crippen LogP contribution in [0.1, 0.15) is 36.8 Å². The first-order valence-corrected chi connectivity index (χ1v) is 17.6. The van der Waals surface area contributed by atoms with Gasteiger partial charge in [-0.25, -0.2) is 0 Å². The molecule has 0 bridgehead atoms. The second-order valence-electron chi connectivity index (χ2n) is 13.2. The van der Waals surface area contributed by atoms with Gasteiger partial charge in [0.15, 0.2) is 0 Å². The van der Waals surface area contributed by atoms with Gasteiger partial charge in [-0.3, -0.25) is 0 Å². The van der Waals surface area contributed by atoms with Gasteiger partial charge in [-0.05, 0) is 107 Å². The highest BCUT2D eigenvalue weighted by atomic mass is 16.3. The van der Waals surface area contributed by atoms with Crippen molar-refractivity contribution in [2.24, 2.45) is 0 Å². The van der Waals surface area contributed by atoms with Crippen molar-refractivity contribution < 1.29 is 4.42 Å². The molecule has 0 atom stereocenters. The molecule has 6 aromatic carbocycles. The molecule has 0 spiro atoms. The molecular formula is C48H37NO. The normalized spacial score (nSPS) is 14.4. The van der Waals surface area contributed by atoms with Crippen LogP contribution in [-0.2, 0) is 0 Å². The number of benzene rings is 6. The van der Waals surface area contributed by atoms with Crippen LogP contribution in [0.15, 0.2) is 186 Å². The molecule has 50 heavy (non-hydrogen) atoms. The molecular weight excluding hydrogens is 607 g/mol. The van der Waals surface area contributed by atoms with Crippen LogP contribution >= 0.6 is 0 Å². The van der Waals surface area contributed by atoms with E-state index in [0.29, 0.717) is 0 Å². The van der Waals surface area contributed by atoms with Crippen molar-refractivity contribution in [2.45, 2.75) is 25.7 Å². The number of fused-ring (bicyclic) bond motifs is 3. The van der Waals surface area contributed by atoms with Crippen molar-refractivity contribution in [1.82, 2.24) is 0 Å². The van der Waals surface area contributed by atoms with Crippen LogP contribution in [0.5, 0.6) is 0 Å². The van der Waals surface area contributed by atoms with Crippen LogP contribution in [0.2, 0.25) is 0 Å². The minimum atomic E-state index is 0.920. The summed E-state index contributed by atoms with van der Waals surface area (Å²) < 4.78 is 6.38. The number of allylic oxidation sites excluding steroid dienone is 8. The molecule has 0 saturated carbocycles. The van der Waals surface area contributed by atoms with Crippen molar-refractivity contribution in [3.8, 4) is 22.3 Å². The van der Waals surface area contributed by atoms with Gasteiger partial charge in [0.25, 0.3) is 0 Å². The highest BCUT2D eigenvalue weighted by molar-refractivity contribution is 6.09. The summed E-state index contributed by atoms with van der Waals surface area (Å²) in [5.74, 6) is 0. The predicted octanol–water partition coefficient (Wildman–Crippen LogP) is 13.6. The molecule has 9 rings (SSSR count). The second-order valence-corrected chi connectivity index (χ2v) is 13.2. The Balaban J connectivity index is 1.06. The summed E-state index contributed by atoms with van der Waals surface area (Å²) in [7, 11) is 0. The maximum Gasteiger partial charge on any atom is 0.143 e. The molecule has 0 saturated heterocycles. The topological polar surface area (TPSA) is 16.4 Å². The lowest BCUT2D eigenvalue weighted by Gasteiger charge is -2.30. The molecule has 0 fully saturated rings. The van der Waals surface area contributed by atoms with Gasteiger partial charge in [0.2, 0.25) is 0 Å². The summed E-state index contributed by atoms with van der Waals surface area (Å²) in [6, 6.07) is 52.4. The third-order valence-corrected chi connectivity index (χ3v) is 10.1. The molecule has 1 aromatic heterocycles. The van der Waals surface area contributed by atoms with Crippen LogP contribution in [-0.4, -0.2) is 0 Å². The molecule has 2 nitrogen and oxygen atoms in total. The van der Waals surface area contributed by atoms with Gasteiger partial charge < -0.3 is 9.32 Å². The summed E-state index contributed by atoms with van der Waals surface area (Å²) in [5, 5.41) is 2.30. The van der Waals surface area contributed by atoms with Crippen molar-refractivity contribution in [3.05, 3.63) is 193 Å². The van der Waals surface area contributed by atoms with E-state index < -0.39 is 0 Å². The first kappa shape index (κ1) is 30.0. The van der Waals surface area contributed by atoms with Gasteiger partial charge in [-0.2, -0.15) is 0 Å². The Morgan fingerprint density at radius 3 is 1.88 bits per heavy atom. The fourth-order valence-corrected chi connectivity index (χ4v) is 7.50. The van der Waals surface area contributed by atoms with Crippen molar-refractivity contribution in [3.63, 3.8) is 0 Å². The van der Waals surface area contributed by atoms with E-state index in [-0.39, 0.29) is 0 Å². The molecule has 0 N–H and O–H groups in total. The molecule has 0 amide bonds. The quantitative estimate of drug-likeness (QED) is 0.172. The Morgan fingerprint density at radius 1 is 0.460 bits per heavy atom. The maximum atomic E-state index is 6.38. The number of hydrogen-bond acceptors (Lipinski definition) is 2. The van der Waals surface area contributed by atoms with E-state index in [1.165, 1.54) is 44.8 Å². The van der Waals surface area contributed by atoms with E-state index in [4.69, 9.17) is 4.42 Å². The van der Waals surface area contributed by atoms with Gasteiger partial charge >= 0.3 is 0 Å². The van der Waals surface area contributed by atoms with Crippen molar-refractivity contribution >= 4 is 44.5 Å². The standard InChI is InChI=1S/C48H37NO/c1-3-11-34(12-4-1)36-21-27-41(28-22-36)49(42-29-23-37(24-30-42)35-13-5-2-6-14-35)43-31-25-38(26-32-43)39-15-9-16-40(33-39)44-18-10-19-46-45-17-7-8-20-47(45)50-48(44)46/h1-5,7-13,15-21,23-27,29-33H,6,14,22,28H2. The minimum absolute atomic E-state index is 0.920. The number of nitrogens with zero attached hydrogens (tertiary/aromatic N) is 1. The summed E-state index contributed by atoms with van der Waals surface area (Å²) in [6.07, 6.45) is 15.5. The fourth-order valence-electron chi connectivity index (χ4n) is 7.50. The number of anilines is 2. The average Bonchev–Trinajstić information content (AvgIpc) is 3.59. The lowest BCUT2D eigenvalue weighted by Crippen LogP contribution is -2.18. The van der Waals surface area contributed by atoms with Crippen LogP contribution < -0.4 is 4.90 Å². The Hall–Kier alpha value is -6.12. The highest BCUT2D eigenvalue weighted by Crippen LogP contribution is 2.40. The number of para-hydroxylation sites is 2. The molecule has 1 heterocycles. The first-order valence-electron chi connectivity index (χ1n) is 17.6. The van der Waals surface area contributed by atoms with E-state index in [1.54, 1.807) is 0 Å². The van der Waals surface area contributed by atoms with E-state index in [1.807, 2.05) is 12.1 Å². The summed E-state index contributed by atoms with van der Waals surface area (Å²) >= 11 is 0. The molecule has 0 aliphatic heterocycles. The lowest BCUT2D eigenvalue weighted by atomic mass is 9.94. The average molecular weight is 644 g/mol. The molecule has 240 valence electrons. The van der Waals surface area contributed by atoms with E-state index >= 15 is 0 Å². The second kappa shape index (κ2) is 13.1. The fraction of sp³-hybridized carbons (Fsp3) is 0.0833. The Bertz CT molecular complexity index is 2460. The largest absolute Gasteiger partial charge is 0.455 e. The van der Waals surface area contributed by atoms with Crippen LogP contribution in [0.25, 0.3) is 55.3 Å². The smallest absolute Gasteiger partial charge is 0.143 e. The lowest BCUT2D eigenvalue weighted by molar-refractivity contribution is 0.670. The maximum absolute atomic E-state index is 6.38. The summed E-state index contributed by atoms with van der Waals surface area (Å²) in [4.78, 5) is 2.43. The first-order chi connectivity index (χ1) is 24.8. The summed E-state index contributed by atoms with van der Waals surface area (Å²) in [5.41, 5.74) is 15.5. The van der Waals surface area contributed by atoms with E-state index in [9.17, 15) is 0 Å². The molecule has 0 radical (unpaired) electrons. The monoisotopic (exact) mass is 643 g/mol. The van der Waals surface area contributed by atoms with E-state index in [2.05, 4.69) is 169 Å². The van der Waals surface area contributed by atoms with Crippen LogP contribution in [0, 0.1) is 0 Å². The molecule has 0 unspecified atom stereocenters. The van der Waals surface area contributed by atoms with Gasteiger partial charge in [-0.1, -0.05) is 133 Å². The Kier molecular flexibility index (Phi) is 7.83. The minimum Gasteiger partial charge on any atom is -0.455 e. The Labute approximate surface area is 293 Å². The van der Waals surface area contributed by atoms with Crippen LogP contribution in [0.4, 0.5) is 11.4 Å². The number of hydrogen-bond donors (Lipinski definition) is 0. The van der Waals surface area contributed by atoms with Gasteiger partial charge in [0.1, 0.15) is 11.2 Å².